The molecule has 0 fully saturated rings. The zero-order valence-electron chi connectivity index (χ0n) is 10.4. The number of benzene rings is 2. The molecule has 0 unspecified atom stereocenters. The summed E-state index contributed by atoms with van der Waals surface area (Å²) >= 11 is 0. The van der Waals surface area contributed by atoms with Crippen LogP contribution in [0, 0.1) is 0 Å². The number of carbonyl (C=O) groups is 1. The van der Waals surface area contributed by atoms with E-state index in [4.69, 9.17) is 9.47 Å². The molecule has 2 aromatic rings. The molecule has 19 heavy (non-hydrogen) atoms. The molecule has 0 aliphatic carbocycles. The minimum atomic E-state index is -0.712. The normalized spacial score (nSPS) is 10.3. The van der Waals surface area contributed by atoms with Crippen LogP contribution in [0.2, 0.25) is 0 Å². The third-order valence-electron chi connectivity index (χ3n) is 2.42. The largest absolute Gasteiger partial charge is 0.513 e. The maximum atomic E-state index is 11.3. The number of rotatable bonds is 4. The first-order valence-electron chi connectivity index (χ1n) is 5.93. The SMILES string of the molecule is O=C(OC=Cc1ccccc1)OCc1ccccc1. The highest BCUT2D eigenvalue weighted by Crippen LogP contribution is 2.03. The molecule has 0 spiro atoms. The summed E-state index contributed by atoms with van der Waals surface area (Å²) in [6.45, 7) is 0.207. The Bertz CT molecular complexity index is 532. The van der Waals surface area contributed by atoms with Crippen LogP contribution in [0.4, 0.5) is 4.79 Å². The molecule has 0 saturated carbocycles. The quantitative estimate of drug-likeness (QED) is 0.611. The molecule has 3 nitrogen and oxygen atoms in total. The first-order valence-corrected chi connectivity index (χ1v) is 5.93. The fourth-order valence-electron chi connectivity index (χ4n) is 1.48. The van der Waals surface area contributed by atoms with Crippen molar-refractivity contribution < 1.29 is 14.3 Å². The van der Waals surface area contributed by atoms with Gasteiger partial charge in [-0.2, -0.15) is 0 Å². The van der Waals surface area contributed by atoms with Gasteiger partial charge in [-0.25, -0.2) is 4.79 Å². The molecule has 2 rings (SSSR count). The maximum absolute atomic E-state index is 11.3. The number of ether oxygens (including phenoxy) is 2. The van der Waals surface area contributed by atoms with E-state index in [-0.39, 0.29) is 6.61 Å². The van der Waals surface area contributed by atoms with Crippen LogP contribution in [0.1, 0.15) is 11.1 Å². The van der Waals surface area contributed by atoms with E-state index in [1.54, 1.807) is 6.08 Å². The smallest absolute Gasteiger partial charge is 0.429 e. The van der Waals surface area contributed by atoms with Gasteiger partial charge < -0.3 is 9.47 Å². The third kappa shape index (κ3) is 4.68. The van der Waals surface area contributed by atoms with Crippen LogP contribution in [0.15, 0.2) is 66.9 Å². The van der Waals surface area contributed by atoms with Gasteiger partial charge in [-0.15, -0.1) is 0 Å². The van der Waals surface area contributed by atoms with Gasteiger partial charge in [0.25, 0.3) is 0 Å². The molecule has 0 aliphatic heterocycles. The van der Waals surface area contributed by atoms with E-state index >= 15 is 0 Å². The Hall–Kier alpha value is -2.55. The molecule has 0 N–H and O–H groups in total. The number of carbonyl (C=O) groups excluding carboxylic acids is 1. The number of hydrogen-bond donors (Lipinski definition) is 0. The summed E-state index contributed by atoms with van der Waals surface area (Å²) in [6.07, 6.45) is 2.31. The zero-order valence-corrected chi connectivity index (χ0v) is 10.4. The van der Waals surface area contributed by atoms with Gasteiger partial charge in [0.1, 0.15) is 6.61 Å². The lowest BCUT2D eigenvalue weighted by molar-refractivity contribution is 0.0791. The fourth-order valence-corrected chi connectivity index (χ4v) is 1.48. The van der Waals surface area contributed by atoms with Crippen molar-refractivity contribution in [3.05, 3.63) is 78.1 Å². The molecular weight excluding hydrogens is 240 g/mol. The summed E-state index contributed by atoms with van der Waals surface area (Å²) in [6, 6.07) is 19.0. The van der Waals surface area contributed by atoms with Gasteiger partial charge in [0.05, 0.1) is 6.26 Å². The second-order valence-electron chi connectivity index (χ2n) is 3.86. The fraction of sp³-hybridized carbons (Fsp3) is 0.0625. The van der Waals surface area contributed by atoms with Crippen molar-refractivity contribution in [2.24, 2.45) is 0 Å². The standard InChI is InChI=1S/C16H14O3/c17-16(19-13-15-9-5-2-6-10-15)18-12-11-14-7-3-1-4-8-14/h1-12H,13H2. The predicted octanol–water partition coefficient (Wildman–Crippen LogP) is 4.01. The summed E-state index contributed by atoms with van der Waals surface area (Å²) in [4.78, 5) is 11.3. The zero-order chi connectivity index (χ0) is 13.3. The molecule has 0 amide bonds. The second-order valence-corrected chi connectivity index (χ2v) is 3.86. The van der Waals surface area contributed by atoms with Crippen LogP contribution in [0.5, 0.6) is 0 Å². The Morgan fingerprint density at radius 1 is 0.947 bits per heavy atom. The van der Waals surface area contributed by atoms with Crippen molar-refractivity contribution >= 4 is 12.2 Å². The molecule has 3 heteroatoms. The van der Waals surface area contributed by atoms with E-state index < -0.39 is 6.16 Å². The summed E-state index contributed by atoms with van der Waals surface area (Å²) in [5.41, 5.74) is 1.88. The summed E-state index contributed by atoms with van der Waals surface area (Å²) in [7, 11) is 0. The number of hydrogen-bond acceptors (Lipinski definition) is 3. The molecule has 96 valence electrons. The Morgan fingerprint density at radius 3 is 2.26 bits per heavy atom. The van der Waals surface area contributed by atoms with Gasteiger partial charge in [0.15, 0.2) is 0 Å². The third-order valence-corrected chi connectivity index (χ3v) is 2.42. The minimum absolute atomic E-state index is 0.207. The Balaban J connectivity index is 1.75. The molecule has 0 atom stereocenters. The van der Waals surface area contributed by atoms with Crippen LogP contribution in [-0.4, -0.2) is 6.16 Å². The molecule has 0 aliphatic rings. The van der Waals surface area contributed by atoms with Crippen LogP contribution in [0.25, 0.3) is 6.08 Å². The van der Waals surface area contributed by atoms with Gasteiger partial charge in [-0.1, -0.05) is 60.7 Å². The highest BCUT2D eigenvalue weighted by atomic mass is 16.7. The van der Waals surface area contributed by atoms with Gasteiger partial charge in [0.2, 0.25) is 0 Å². The molecule has 0 saturated heterocycles. The van der Waals surface area contributed by atoms with E-state index in [9.17, 15) is 4.79 Å². The monoisotopic (exact) mass is 254 g/mol. The van der Waals surface area contributed by atoms with Gasteiger partial charge in [0, 0.05) is 0 Å². The topological polar surface area (TPSA) is 35.5 Å². The molecule has 0 bridgehead atoms. The highest BCUT2D eigenvalue weighted by molar-refractivity contribution is 5.62. The van der Waals surface area contributed by atoms with Crippen molar-refractivity contribution in [2.45, 2.75) is 6.61 Å². The summed E-state index contributed by atoms with van der Waals surface area (Å²) in [5.74, 6) is 0. The van der Waals surface area contributed by atoms with Crippen molar-refractivity contribution in [2.75, 3.05) is 0 Å². The highest BCUT2D eigenvalue weighted by Gasteiger charge is 2.01. The van der Waals surface area contributed by atoms with Crippen LogP contribution in [-0.2, 0) is 16.1 Å². The van der Waals surface area contributed by atoms with Crippen LogP contribution in [0.3, 0.4) is 0 Å². The summed E-state index contributed by atoms with van der Waals surface area (Å²) < 4.78 is 9.78. The van der Waals surface area contributed by atoms with Gasteiger partial charge in [-0.3, -0.25) is 0 Å². The Labute approximate surface area is 112 Å². The van der Waals surface area contributed by atoms with E-state index in [1.807, 2.05) is 60.7 Å². The molecular formula is C16H14O3. The maximum Gasteiger partial charge on any atom is 0.513 e. The molecule has 0 aromatic heterocycles. The first kappa shape index (κ1) is 12.9. The van der Waals surface area contributed by atoms with Crippen LogP contribution >= 0.6 is 0 Å². The lowest BCUT2D eigenvalue weighted by Gasteiger charge is -2.02. The lowest BCUT2D eigenvalue weighted by Crippen LogP contribution is -2.03. The molecule has 2 aromatic carbocycles. The van der Waals surface area contributed by atoms with E-state index in [0.717, 1.165) is 11.1 Å². The van der Waals surface area contributed by atoms with E-state index in [2.05, 4.69) is 0 Å². The summed E-state index contributed by atoms with van der Waals surface area (Å²) in [5, 5.41) is 0. The Kier molecular flexibility index (Phi) is 4.76. The van der Waals surface area contributed by atoms with E-state index in [1.165, 1.54) is 6.26 Å². The first-order chi connectivity index (χ1) is 9.34. The van der Waals surface area contributed by atoms with Crippen molar-refractivity contribution in [3.63, 3.8) is 0 Å². The van der Waals surface area contributed by atoms with Gasteiger partial charge >= 0.3 is 6.16 Å². The minimum Gasteiger partial charge on any atom is -0.429 e. The Morgan fingerprint density at radius 2 is 1.58 bits per heavy atom. The van der Waals surface area contributed by atoms with Crippen molar-refractivity contribution in [3.8, 4) is 0 Å². The van der Waals surface area contributed by atoms with Crippen molar-refractivity contribution in [1.82, 2.24) is 0 Å². The molecule has 0 heterocycles. The average Bonchev–Trinajstić information content (AvgIpc) is 2.47. The average molecular weight is 254 g/mol. The second kappa shape index (κ2) is 7.01. The predicted molar refractivity (Wildman–Crippen MR) is 73.2 cm³/mol. The van der Waals surface area contributed by atoms with Gasteiger partial charge in [-0.05, 0) is 17.2 Å². The van der Waals surface area contributed by atoms with E-state index in [0.29, 0.717) is 0 Å². The lowest BCUT2D eigenvalue weighted by atomic mass is 10.2. The van der Waals surface area contributed by atoms with Crippen LogP contribution < -0.4 is 0 Å². The van der Waals surface area contributed by atoms with Crippen molar-refractivity contribution in [1.29, 1.82) is 0 Å². The molecule has 0 radical (unpaired) electrons.